The number of nitrogens with one attached hydrogen (secondary N) is 1. The molecule has 4 rings (SSSR count). The number of rotatable bonds is 7. The second-order valence-corrected chi connectivity index (χ2v) is 8.49. The molecule has 3 atom stereocenters. The van der Waals surface area contributed by atoms with Crippen molar-refractivity contribution in [1.82, 2.24) is 10.2 Å². The molecule has 0 radical (unpaired) electrons. The minimum absolute atomic E-state index is 0.189. The first-order chi connectivity index (χ1) is 15.0. The molecule has 2 aliphatic rings. The van der Waals surface area contributed by atoms with Gasteiger partial charge in [0.1, 0.15) is 29.0 Å². The summed E-state index contributed by atoms with van der Waals surface area (Å²) in [6, 6.07) is 17.7. The summed E-state index contributed by atoms with van der Waals surface area (Å²) in [7, 11) is 0. The van der Waals surface area contributed by atoms with Crippen molar-refractivity contribution in [3.8, 4) is 5.75 Å². The Bertz CT molecular complexity index is 996. The molecule has 0 bridgehead atoms. The number of hydrogen-bond acceptors (Lipinski definition) is 6. The Morgan fingerprint density at radius 3 is 2.45 bits per heavy atom. The van der Waals surface area contributed by atoms with E-state index in [1.54, 1.807) is 30.2 Å². The van der Waals surface area contributed by atoms with Gasteiger partial charge in [0.05, 0.1) is 0 Å². The molecule has 2 amide bonds. The Labute approximate surface area is 184 Å². The molecule has 2 aromatic carbocycles. The maximum atomic E-state index is 12.6. The highest BCUT2D eigenvalue weighted by Crippen LogP contribution is 2.40. The van der Waals surface area contributed by atoms with Gasteiger partial charge in [0.15, 0.2) is 6.61 Å². The lowest BCUT2D eigenvalue weighted by Crippen LogP contribution is -2.69. The van der Waals surface area contributed by atoms with Gasteiger partial charge in [-0.2, -0.15) is 0 Å². The van der Waals surface area contributed by atoms with Gasteiger partial charge in [0.25, 0.3) is 11.8 Å². The molecule has 7 nitrogen and oxygen atoms in total. The Kier molecular flexibility index (Phi) is 6.27. The fraction of sp³-hybridized carbons (Fsp3) is 0.261. The Morgan fingerprint density at radius 2 is 1.74 bits per heavy atom. The van der Waals surface area contributed by atoms with Crippen LogP contribution < -0.4 is 10.1 Å². The summed E-state index contributed by atoms with van der Waals surface area (Å²) in [4.78, 5) is 38.9. The van der Waals surface area contributed by atoms with E-state index in [1.807, 2.05) is 48.5 Å². The number of β-lactam (4-membered cyclic amide) rings is 1. The van der Waals surface area contributed by atoms with Gasteiger partial charge < -0.3 is 19.7 Å². The average Bonchev–Trinajstić information content (AvgIpc) is 2.81. The largest absolute Gasteiger partial charge is 0.484 e. The minimum atomic E-state index is -0.703. The third-order valence-electron chi connectivity index (χ3n) is 4.98. The molecule has 2 heterocycles. The zero-order chi connectivity index (χ0) is 21.8. The molecular weight excluding hydrogens is 416 g/mol. The van der Waals surface area contributed by atoms with Crippen LogP contribution in [0.4, 0.5) is 0 Å². The van der Waals surface area contributed by atoms with Crippen molar-refractivity contribution < 1.29 is 23.9 Å². The molecule has 0 aromatic heterocycles. The van der Waals surface area contributed by atoms with Crippen LogP contribution in [-0.2, 0) is 25.7 Å². The molecule has 160 valence electrons. The third kappa shape index (κ3) is 4.74. The number of carbonyl (C=O) groups excluding carboxylic acids is 3. The summed E-state index contributed by atoms with van der Waals surface area (Å²) < 4.78 is 10.9. The van der Waals surface area contributed by atoms with Gasteiger partial charge >= 0.3 is 5.97 Å². The molecule has 2 unspecified atom stereocenters. The normalized spacial score (nSPS) is 22.0. The van der Waals surface area contributed by atoms with Gasteiger partial charge in [0.2, 0.25) is 0 Å². The zero-order valence-corrected chi connectivity index (χ0v) is 17.7. The molecular formula is C23H22N2O5S. The fourth-order valence-corrected chi connectivity index (χ4v) is 4.73. The number of fused-ring (bicyclic) bond motifs is 1. The average molecular weight is 439 g/mol. The van der Waals surface area contributed by atoms with Crippen molar-refractivity contribution in [1.29, 1.82) is 0 Å². The number of benzene rings is 2. The number of hydrogen-bond donors (Lipinski definition) is 1. The van der Waals surface area contributed by atoms with Crippen LogP contribution in [0.3, 0.4) is 0 Å². The predicted octanol–water partition coefficient (Wildman–Crippen LogP) is 2.48. The van der Waals surface area contributed by atoms with Gasteiger partial charge in [-0.3, -0.25) is 14.4 Å². The maximum absolute atomic E-state index is 12.6. The van der Waals surface area contributed by atoms with Crippen LogP contribution in [0.5, 0.6) is 5.75 Å². The molecule has 2 aliphatic heterocycles. The molecule has 0 spiro atoms. The molecule has 1 saturated heterocycles. The van der Waals surface area contributed by atoms with Crippen molar-refractivity contribution in [2.45, 2.75) is 30.2 Å². The topological polar surface area (TPSA) is 84.9 Å². The van der Waals surface area contributed by atoms with E-state index in [0.717, 1.165) is 11.1 Å². The molecule has 31 heavy (non-hydrogen) atoms. The van der Waals surface area contributed by atoms with Crippen molar-refractivity contribution >= 4 is 29.5 Å². The van der Waals surface area contributed by atoms with Gasteiger partial charge in [-0.05, 0) is 30.2 Å². The Balaban J connectivity index is 1.32. The summed E-state index contributed by atoms with van der Waals surface area (Å²) in [5, 5.41) is 1.83. The number of ether oxygens (including phenoxy) is 2. The lowest BCUT2D eigenvalue weighted by Gasteiger charge is -2.48. The standard InChI is InChI=1S/C23H22N2O5S/c1-15-12-25-21(27)19(24-18(26)14-29-17-10-6-3-7-11-17)22(25)31-20(15)23(28)30-13-16-8-4-2-5-9-16/h2-12,19-20,22H,13-14H2,1H3,(H,24,26)/t19?,20?,22-/m1/s1. The van der Waals surface area contributed by atoms with Gasteiger partial charge in [-0.15, -0.1) is 11.8 Å². The molecule has 1 fully saturated rings. The number of amides is 2. The quantitative estimate of drug-likeness (QED) is 0.528. The van der Waals surface area contributed by atoms with E-state index < -0.39 is 17.2 Å². The van der Waals surface area contributed by atoms with E-state index in [2.05, 4.69) is 5.32 Å². The first kappa shape index (κ1) is 21.0. The zero-order valence-electron chi connectivity index (χ0n) is 16.9. The lowest BCUT2D eigenvalue weighted by molar-refractivity contribution is -0.146. The smallest absolute Gasteiger partial charge is 0.323 e. The number of thioether (sulfide) groups is 1. The van der Waals surface area contributed by atoms with Crippen LogP contribution in [0.15, 0.2) is 72.4 Å². The van der Waals surface area contributed by atoms with Crippen LogP contribution in [-0.4, -0.2) is 46.0 Å². The minimum Gasteiger partial charge on any atom is -0.484 e. The lowest BCUT2D eigenvalue weighted by atomic mass is 10.1. The number of carbonyl (C=O) groups is 3. The first-order valence-corrected chi connectivity index (χ1v) is 10.8. The van der Waals surface area contributed by atoms with Crippen LogP contribution in [0.25, 0.3) is 0 Å². The maximum Gasteiger partial charge on any atom is 0.323 e. The van der Waals surface area contributed by atoms with Crippen LogP contribution in [0.2, 0.25) is 0 Å². The van der Waals surface area contributed by atoms with E-state index in [9.17, 15) is 14.4 Å². The Hall–Kier alpha value is -3.26. The van der Waals surface area contributed by atoms with Crippen molar-refractivity contribution in [3.63, 3.8) is 0 Å². The number of para-hydroxylation sites is 1. The SMILES string of the molecule is CC1=CN2C(=O)C(NC(=O)COc3ccccc3)[C@H]2SC1C(=O)OCc1ccccc1. The van der Waals surface area contributed by atoms with E-state index >= 15 is 0 Å². The Morgan fingerprint density at radius 1 is 1.06 bits per heavy atom. The van der Waals surface area contributed by atoms with Crippen LogP contribution >= 0.6 is 11.8 Å². The van der Waals surface area contributed by atoms with E-state index in [0.29, 0.717) is 5.75 Å². The molecule has 0 aliphatic carbocycles. The first-order valence-electron chi connectivity index (χ1n) is 9.86. The number of esters is 1. The highest BCUT2D eigenvalue weighted by molar-refractivity contribution is 8.01. The van der Waals surface area contributed by atoms with E-state index in [-0.39, 0.29) is 30.5 Å². The highest BCUT2D eigenvalue weighted by Gasteiger charge is 2.52. The van der Waals surface area contributed by atoms with Crippen molar-refractivity contribution in [3.05, 3.63) is 78.0 Å². The van der Waals surface area contributed by atoms with E-state index in [4.69, 9.17) is 9.47 Å². The summed E-state index contributed by atoms with van der Waals surface area (Å²) in [5.74, 6) is -0.386. The second-order valence-electron chi connectivity index (χ2n) is 7.27. The predicted molar refractivity (Wildman–Crippen MR) is 116 cm³/mol. The fourth-order valence-electron chi connectivity index (χ4n) is 3.36. The van der Waals surface area contributed by atoms with Crippen molar-refractivity contribution in [2.24, 2.45) is 0 Å². The molecule has 2 aromatic rings. The molecule has 0 saturated carbocycles. The second kappa shape index (κ2) is 9.26. The number of nitrogens with zero attached hydrogens (tertiary/aromatic N) is 1. The van der Waals surface area contributed by atoms with Crippen LogP contribution in [0.1, 0.15) is 12.5 Å². The summed E-state index contributed by atoms with van der Waals surface area (Å²) in [6.07, 6.45) is 1.67. The van der Waals surface area contributed by atoms with Gasteiger partial charge in [-0.1, -0.05) is 48.5 Å². The molecule has 8 heteroatoms. The van der Waals surface area contributed by atoms with Gasteiger partial charge in [0, 0.05) is 6.20 Å². The molecule has 1 N–H and O–H groups in total. The van der Waals surface area contributed by atoms with Crippen molar-refractivity contribution in [2.75, 3.05) is 6.61 Å². The highest BCUT2D eigenvalue weighted by atomic mass is 32.2. The van der Waals surface area contributed by atoms with Crippen LogP contribution in [0, 0.1) is 0 Å². The summed E-state index contributed by atoms with van der Waals surface area (Å²) in [6.45, 7) is 1.79. The van der Waals surface area contributed by atoms with E-state index in [1.165, 1.54) is 11.8 Å². The monoisotopic (exact) mass is 438 g/mol. The third-order valence-corrected chi connectivity index (χ3v) is 6.59. The summed E-state index contributed by atoms with van der Waals surface area (Å²) in [5.41, 5.74) is 1.65. The van der Waals surface area contributed by atoms with Gasteiger partial charge in [-0.25, -0.2) is 0 Å². The summed E-state index contributed by atoms with van der Waals surface area (Å²) >= 11 is 1.31.